The number of ether oxygens (including phenoxy) is 1. The van der Waals surface area contributed by atoms with E-state index in [1.54, 1.807) is 12.1 Å². The smallest absolute Gasteiger partial charge is 0.189 e. The second-order valence-electron chi connectivity index (χ2n) is 3.96. The second-order valence-corrected chi connectivity index (χ2v) is 3.96. The van der Waals surface area contributed by atoms with Crippen molar-refractivity contribution in [3.05, 3.63) is 76.9 Å². The molecule has 3 rings (SSSR count). The van der Waals surface area contributed by atoms with Crippen molar-refractivity contribution < 1.29 is 9.53 Å². The molecule has 0 unspecified atom stereocenters. The number of benzene rings is 2. The fourth-order valence-corrected chi connectivity index (χ4v) is 1.79. The van der Waals surface area contributed by atoms with Gasteiger partial charge in [-0.15, -0.1) is 0 Å². The van der Waals surface area contributed by atoms with Crippen molar-refractivity contribution >= 4 is 6.29 Å². The van der Waals surface area contributed by atoms with E-state index in [0.717, 1.165) is 6.29 Å². The molecule has 2 aromatic carbocycles. The Balaban J connectivity index is 1.93. The quantitative estimate of drug-likeness (QED) is 0.614. The Labute approximate surface area is 109 Å². The van der Waals surface area contributed by atoms with E-state index in [9.17, 15) is 4.79 Å². The SMILES string of the molecule is O=Cc1cccc2c1=NC(=COc1ccccc1)N=2. The first-order valence-electron chi connectivity index (χ1n) is 5.80. The molecule has 4 nitrogen and oxygen atoms in total. The van der Waals surface area contributed by atoms with E-state index in [2.05, 4.69) is 9.98 Å². The molecule has 1 heterocycles. The number of carbonyl (C=O) groups excluding carboxylic acids is 1. The van der Waals surface area contributed by atoms with Gasteiger partial charge in [-0.25, -0.2) is 9.98 Å². The number of nitrogens with zero attached hydrogens (tertiary/aromatic N) is 2. The molecule has 4 heteroatoms. The third kappa shape index (κ3) is 2.28. The lowest BCUT2D eigenvalue weighted by molar-refractivity contribution is 0.112. The minimum atomic E-state index is 0.452. The van der Waals surface area contributed by atoms with Gasteiger partial charge in [0.15, 0.2) is 12.1 Å². The topological polar surface area (TPSA) is 51.0 Å². The average molecular weight is 250 g/mol. The molecule has 0 aromatic heterocycles. The van der Waals surface area contributed by atoms with E-state index < -0.39 is 0 Å². The summed E-state index contributed by atoms with van der Waals surface area (Å²) in [6, 6.07) is 14.7. The van der Waals surface area contributed by atoms with E-state index in [-0.39, 0.29) is 0 Å². The van der Waals surface area contributed by atoms with Gasteiger partial charge in [-0.05, 0) is 24.3 Å². The maximum Gasteiger partial charge on any atom is 0.189 e. The molecular weight excluding hydrogens is 240 g/mol. The molecule has 0 fully saturated rings. The van der Waals surface area contributed by atoms with E-state index in [1.807, 2.05) is 36.4 Å². The van der Waals surface area contributed by atoms with Crippen LogP contribution in [-0.2, 0) is 0 Å². The van der Waals surface area contributed by atoms with Crippen LogP contribution in [0.5, 0.6) is 5.75 Å². The van der Waals surface area contributed by atoms with Crippen molar-refractivity contribution in [1.29, 1.82) is 0 Å². The molecule has 1 aliphatic heterocycles. The Morgan fingerprint density at radius 1 is 0.947 bits per heavy atom. The van der Waals surface area contributed by atoms with Crippen LogP contribution in [0.25, 0.3) is 0 Å². The highest BCUT2D eigenvalue weighted by atomic mass is 16.5. The van der Waals surface area contributed by atoms with Crippen LogP contribution in [0, 0.1) is 0 Å². The molecule has 0 N–H and O–H groups in total. The van der Waals surface area contributed by atoms with Crippen LogP contribution in [0.3, 0.4) is 0 Å². The number of fused-ring (bicyclic) bond motifs is 1. The van der Waals surface area contributed by atoms with Crippen LogP contribution in [0.15, 0.2) is 70.6 Å². The molecule has 0 amide bonds. The molecule has 92 valence electrons. The number of hydrogen-bond acceptors (Lipinski definition) is 4. The van der Waals surface area contributed by atoms with Gasteiger partial charge >= 0.3 is 0 Å². The zero-order valence-corrected chi connectivity index (χ0v) is 9.98. The predicted octanol–water partition coefficient (Wildman–Crippen LogP) is 1.63. The van der Waals surface area contributed by atoms with Crippen LogP contribution < -0.4 is 15.5 Å². The number of para-hydroxylation sites is 2. The van der Waals surface area contributed by atoms with E-state index >= 15 is 0 Å². The van der Waals surface area contributed by atoms with Gasteiger partial charge in [0.1, 0.15) is 17.4 Å². The van der Waals surface area contributed by atoms with E-state index in [4.69, 9.17) is 4.74 Å². The Bertz CT molecular complexity index is 764. The molecule has 0 saturated heterocycles. The Kier molecular flexibility index (Phi) is 2.90. The van der Waals surface area contributed by atoms with Crippen molar-refractivity contribution in [2.75, 3.05) is 0 Å². The Morgan fingerprint density at radius 3 is 2.58 bits per heavy atom. The number of carbonyl (C=O) groups is 1. The molecule has 0 radical (unpaired) electrons. The largest absolute Gasteiger partial charge is 0.461 e. The van der Waals surface area contributed by atoms with Crippen molar-refractivity contribution in [1.82, 2.24) is 0 Å². The van der Waals surface area contributed by atoms with Gasteiger partial charge < -0.3 is 4.74 Å². The predicted molar refractivity (Wildman–Crippen MR) is 69.3 cm³/mol. The molecule has 1 aliphatic rings. The van der Waals surface area contributed by atoms with E-state index in [1.165, 1.54) is 6.26 Å². The third-order valence-corrected chi connectivity index (χ3v) is 2.68. The molecule has 0 saturated carbocycles. The van der Waals surface area contributed by atoms with Crippen molar-refractivity contribution in [2.24, 2.45) is 9.98 Å². The summed E-state index contributed by atoms with van der Waals surface area (Å²) in [6.45, 7) is 0. The van der Waals surface area contributed by atoms with Crippen LogP contribution >= 0.6 is 0 Å². The first kappa shape index (κ1) is 11.3. The minimum absolute atomic E-state index is 0.452. The molecule has 0 spiro atoms. The summed E-state index contributed by atoms with van der Waals surface area (Å²) in [4.78, 5) is 19.5. The summed E-state index contributed by atoms with van der Waals surface area (Å²) in [5.74, 6) is 1.17. The lowest BCUT2D eigenvalue weighted by atomic mass is 10.2. The molecule has 2 aromatic rings. The minimum Gasteiger partial charge on any atom is -0.461 e. The van der Waals surface area contributed by atoms with Crippen molar-refractivity contribution in [2.45, 2.75) is 0 Å². The van der Waals surface area contributed by atoms with Gasteiger partial charge in [0.05, 0.1) is 5.36 Å². The molecule has 0 bridgehead atoms. The van der Waals surface area contributed by atoms with Crippen molar-refractivity contribution in [3.8, 4) is 5.75 Å². The fourth-order valence-electron chi connectivity index (χ4n) is 1.79. The van der Waals surface area contributed by atoms with Crippen LogP contribution in [0.4, 0.5) is 0 Å². The maximum absolute atomic E-state index is 10.9. The molecule has 0 aliphatic carbocycles. The number of hydrogen-bond donors (Lipinski definition) is 0. The Morgan fingerprint density at radius 2 is 1.79 bits per heavy atom. The summed E-state index contributed by atoms with van der Waals surface area (Å²) in [5.41, 5.74) is 0.532. The van der Waals surface area contributed by atoms with Gasteiger partial charge in [0.2, 0.25) is 0 Å². The highest BCUT2D eigenvalue weighted by molar-refractivity contribution is 5.74. The maximum atomic E-state index is 10.9. The number of aldehydes is 1. The lowest BCUT2D eigenvalue weighted by Gasteiger charge is -1.98. The summed E-state index contributed by atoms with van der Waals surface area (Å²) >= 11 is 0. The van der Waals surface area contributed by atoms with Gasteiger partial charge in [0, 0.05) is 5.56 Å². The summed E-state index contributed by atoms with van der Waals surface area (Å²) in [6.07, 6.45) is 2.25. The van der Waals surface area contributed by atoms with Crippen molar-refractivity contribution in [3.63, 3.8) is 0 Å². The second kappa shape index (κ2) is 4.86. The fraction of sp³-hybridized carbons (Fsp3) is 0. The lowest BCUT2D eigenvalue weighted by Crippen LogP contribution is -2.25. The van der Waals surface area contributed by atoms with Crippen LogP contribution in [-0.4, -0.2) is 6.29 Å². The normalized spacial score (nSPS) is 14.4. The highest BCUT2D eigenvalue weighted by Gasteiger charge is 2.06. The third-order valence-electron chi connectivity index (χ3n) is 2.68. The highest BCUT2D eigenvalue weighted by Crippen LogP contribution is 2.10. The Hall–Kier alpha value is -2.75. The summed E-state index contributed by atoms with van der Waals surface area (Å²) in [5, 5.41) is 1.29. The molecule has 19 heavy (non-hydrogen) atoms. The zero-order chi connectivity index (χ0) is 13.1. The van der Waals surface area contributed by atoms with Gasteiger partial charge in [-0.2, -0.15) is 0 Å². The summed E-state index contributed by atoms with van der Waals surface area (Å²) < 4.78 is 5.46. The zero-order valence-electron chi connectivity index (χ0n) is 9.98. The number of rotatable bonds is 3. The van der Waals surface area contributed by atoms with Gasteiger partial charge in [-0.1, -0.05) is 24.3 Å². The first-order chi connectivity index (χ1) is 9.36. The van der Waals surface area contributed by atoms with Crippen LogP contribution in [0.2, 0.25) is 0 Å². The van der Waals surface area contributed by atoms with E-state index in [0.29, 0.717) is 27.8 Å². The standard InChI is InChI=1S/C15H10N2O2/c18-9-11-5-4-8-13-15(11)17-14(16-13)10-19-12-6-2-1-3-7-12/h1-10H. The molecule has 0 atom stereocenters. The van der Waals surface area contributed by atoms with Gasteiger partial charge in [0.25, 0.3) is 0 Å². The van der Waals surface area contributed by atoms with Crippen LogP contribution in [0.1, 0.15) is 10.4 Å². The summed E-state index contributed by atoms with van der Waals surface area (Å²) in [7, 11) is 0. The first-order valence-corrected chi connectivity index (χ1v) is 5.80. The molecular formula is C15H10N2O2. The monoisotopic (exact) mass is 250 g/mol. The van der Waals surface area contributed by atoms with Gasteiger partial charge in [-0.3, -0.25) is 4.79 Å². The average Bonchev–Trinajstić information content (AvgIpc) is 2.89.